The zero-order valence-corrected chi connectivity index (χ0v) is 12.7. The van der Waals surface area contributed by atoms with Crippen molar-refractivity contribution >= 4 is 17.7 Å². The quantitative estimate of drug-likeness (QED) is 0.508. The number of hydrogen-bond donors (Lipinski definition) is 2. The van der Waals surface area contributed by atoms with Gasteiger partial charge in [-0.3, -0.25) is 4.79 Å². The van der Waals surface area contributed by atoms with Gasteiger partial charge in [-0.2, -0.15) is 11.8 Å². The van der Waals surface area contributed by atoms with E-state index in [1.165, 1.54) is 7.11 Å². The van der Waals surface area contributed by atoms with Crippen LogP contribution >= 0.6 is 11.8 Å². The fourth-order valence-electron chi connectivity index (χ4n) is 1.82. The number of ether oxygens (including phenoxy) is 1. The number of thioether (sulfide) groups is 1. The predicted molar refractivity (Wildman–Crippen MR) is 83.1 cm³/mol. The van der Waals surface area contributed by atoms with Crippen molar-refractivity contribution in [2.45, 2.75) is 12.3 Å². The van der Waals surface area contributed by atoms with Gasteiger partial charge in [-0.25, -0.2) is 0 Å². The minimum Gasteiger partial charge on any atom is -0.469 e. The first kappa shape index (κ1) is 17.0. The van der Waals surface area contributed by atoms with Crippen molar-refractivity contribution in [3.8, 4) is 0 Å². The molecule has 0 saturated carbocycles. The Balaban J connectivity index is 2.34. The molecule has 0 aliphatic rings. The van der Waals surface area contributed by atoms with E-state index in [4.69, 9.17) is 9.84 Å². The van der Waals surface area contributed by atoms with Crippen molar-refractivity contribution in [1.82, 2.24) is 5.32 Å². The highest BCUT2D eigenvalue weighted by atomic mass is 32.2. The average molecular weight is 297 g/mol. The number of aliphatic hydroxyl groups excluding tert-OH is 1. The number of nitrogens with one attached hydrogen (secondary N) is 1. The Bertz CT molecular complexity index is 373. The summed E-state index contributed by atoms with van der Waals surface area (Å²) in [5.74, 6) is 1.47. The van der Waals surface area contributed by atoms with Crippen LogP contribution < -0.4 is 5.32 Å². The first-order valence-electron chi connectivity index (χ1n) is 6.81. The molecule has 4 nitrogen and oxygen atoms in total. The third kappa shape index (κ3) is 6.41. The number of carbonyl (C=O) groups is 1. The van der Waals surface area contributed by atoms with Crippen LogP contribution in [0.15, 0.2) is 30.3 Å². The Morgan fingerprint density at radius 2 is 2.10 bits per heavy atom. The highest BCUT2D eigenvalue weighted by Gasteiger charge is 2.20. The van der Waals surface area contributed by atoms with E-state index in [1.54, 1.807) is 11.8 Å². The Kier molecular flexibility index (Phi) is 9.11. The largest absolute Gasteiger partial charge is 0.469 e. The van der Waals surface area contributed by atoms with Crippen LogP contribution in [0.4, 0.5) is 0 Å². The second kappa shape index (κ2) is 10.7. The van der Waals surface area contributed by atoms with Gasteiger partial charge in [-0.15, -0.1) is 0 Å². The number of benzene rings is 1. The topological polar surface area (TPSA) is 58.6 Å². The summed E-state index contributed by atoms with van der Waals surface area (Å²) in [6, 6.07) is 9.67. The summed E-state index contributed by atoms with van der Waals surface area (Å²) in [6.07, 6.45) is 0.833. The highest BCUT2D eigenvalue weighted by molar-refractivity contribution is 7.99. The molecule has 0 saturated heterocycles. The Morgan fingerprint density at radius 3 is 2.75 bits per heavy atom. The van der Waals surface area contributed by atoms with Crippen molar-refractivity contribution in [3.05, 3.63) is 35.9 Å². The summed E-state index contributed by atoms with van der Waals surface area (Å²) < 4.78 is 4.86. The second-order valence-corrected chi connectivity index (χ2v) is 5.60. The van der Waals surface area contributed by atoms with Gasteiger partial charge in [0.05, 0.1) is 13.0 Å². The molecule has 0 radical (unpaired) electrons. The fourth-order valence-corrected chi connectivity index (χ4v) is 2.65. The van der Waals surface area contributed by atoms with Crippen molar-refractivity contribution in [2.24, 2.45) is 0 Å². The lowest BCUT2D eigenvalue weighted by atomic mass is 9.99. The molecule has 20 heavy (non-hydrogen) atoms. The van der Waals surface area contributed by atoms with Crippen molar-refractivity contribution in [1.29, 1.82) is 0 Å². The lowest BCUT2D eigenvalue weighted by Crippen LogP contribution is -2.29. The van der Waals surface area contributed by atoms with Gasteiger partial charge in [0, 0.05) is 25.4 Å². The van der Waals surface area contributed by atoms with Crippen LogP contribution in [0.2, 0.25) is 0 Å². The maximum Gasteiger partial charge on any atom is 0.314 e. The van der Waals surface area contributed by atoms with Crippen molar-refractivity contribution in [2.75, 3.05) is 38.3 Å². The fraction of sp³-hybridized carbons (Fsp3) is 0.533. The minimum absolute atomic E-state index is 0.211. The van der Waals surface area contributed by atoms with Crippen LogP contribution in [0.1, 0.15) is 17.9 Å². The highest BCUT2D eigenvalue weighted by Crippen LogP contribution is 2.16. The van der Waals surface area contributed by atoms with Gasteiger partial charge >= 0.3 is 5.97 Å². The molecule has 0 aliphatic carbocycles. The molecule has 0 bridgehead atoms. The predicted octanol–water partition coefficient (Wildman–Crippen LogP) is 1.65. The Hall–Kier alpha value is -1.04. The zero-order chi connectivity index (χ0) is 14.6. The van der Waals surface area contributed by atoms with E-state index in [-0.39, 0.29) is 18.5 Å². The lowest BCUT2D eigenvalue weighted by molar-refractivity contribution is -0.142. The number of hydrogen-bond acceptors (Lipinski definition) is 5. The summed E-state index contributed by atoms with van der Waals surface area (Å²) in [5.41, 5.74) is 0.972. The molecule has 0 heterocycles. The summed E-state index contributed by atoms with van der Waals surface area (Å²) in [5, 5.41) is 12.0. The molecule has 1 rings (SSSR count). The number of carbonyl (C=O) groups excluding carboxylic acids is 1. The molecule has 1 unspecified atom stereocenters. The number of rotatable bonds is 10. The van der Waals surface area contributed by atoms with E-state index in [2.05, 4.69) is 5.32 Å². The van der Waals surface area contributed by atoms with Crippen LogP contribution in [0.25, 0.3) is 0 Å². The SMILES string of the molecule is COC(=O)C(CNCCSCCCO)c1ccccc1. The first-order chi connectivity index (χ1) is 9.79. The summed E-state index contributed by atoms with van der Waals surface area (Å²) in [7, 11) is 1.42. The molecule has 0 aliphatic heterocycles. The molecule has 0 spiro atoms. The molecule has 0 fully saturated rings. The van der Waals surface area contributed by atoms with Gasteiger partial charge in [-0.1, -0.05) is 30.3 Å². The average Bonchev–Trinajstić information content (AvgIpc) is 2.50. The second-order valence-electron chi connectivity index (χ2n) is 4.38. The lowest BCUT2D eigenvalue weighted by Gasteiger charge is -2.15. The van der Waals surface area contributed by atoms with Gasteiger partial charge in [0.1, 0.15) is 0 Å². The third-order valence-electron chi connectivity index (χ3n) is 2.91. The maximum atomic E-state index is 11.8. The molecule has 1 atom stereocenters. The van der Waals surface area contributed by atoms with Crippen LogP contribution in [0, 0.1) is 0 Å². The number of aliphatic hydroxyl groups is 1. The number of methoxy groups -OCH3 is 1. The normalized spacial score (nSPS) is 12.1. The monoisotopic (exact) mass is 297 g/mol. The van der Waals surface area contributed by atoms with E-state index < -0.39 is 0 Å². The Morgan fingerprint density at radius 1 is 1.35 bits per heavy atom. The summed E-state index contributed by atoms with van der Waals surface area (Å²) in [4.78, 5) is 11.8. The van der Waals surface area contributed by atoms with Gasteiger partial charge < -0.3 is 15.2 Å². The molecule has 112 valence electrons. The van der Waals surface area contributed by atoms with Gasteiger partial charge in [0.2, 0.25) is 0 Å². The van der Waals surface area contributed by atoms with E-state index in [0.29, 0.717) is 6.54 Å². The molecule has 0 amide bonds. The van der Waals surface area contributed by atoms with E-state index in [9.17, 15) is 4.79 Å². The van der Waals surface area contributed by atoms with Crippen molar-refractivity contribution < 1.29 is 14.6 Å². The molecule has 0 aromatic heterocycles. The molecular weight excluding hydrogens is 274 g/mol. The van der Waals surface area contributed by atoms with E-state index >= 15 is 0 Å². The van der Waals surface area contributed by atoms with Crippen LogP contribution in [0.5, 0.6) is 0 Å². The van der Waals surface area contributed by atoms with Gasteiger partial charge in [0.25, 0.3) is 0 Å². The molecule has 2 N–H and O–H groups in total. The summed E-state index contributed by atoms with van der Waals surface area (Å²) >= 11 is 1.80. The summed E-state index contributed by atoms with van der Waals surface area (Å²) in [6.45, 7) is 1.67. The smallest absolute Gasteiger partial charge is 0.314 e. The van der Waals surface area contributed by atoms with Crippen molar-refractivity contribution in [3.63, 3.8) is 0 Å². The molecular formula is C15H23NO3S. The van der Waals surface area contributed by atoms with Crippen LogP contribution in [0.3, 0.4) is 0 Å². The zero-order valence-electron chi connectivity index (χ0n) is 11.9. The molecule has 5 heteroatoms. The van der Waals surface area contributed by atoms with E-state index in [1.807, 2.05) is 30.3 Å². The minimum atomic E-state index is -0.261. The maximum absolute atomic E-state index is 11.8. The standard InChI is InChI=1S/C15H23NO3S/c1-19-15(18)14(13-6-3-2-4-7-13)12-16-8-11-20-10-5-9-17/h2-4,6-7,14,16-17H,5,8-12H2,1H3. The molecule has 1 aromatic carbocycles. The first-order valence-corrected chi connectivity index (χ1v) is 7.97. The molecule has 1 aromatic rings. The van der Waals surface area contributed by atoms with Gasteiger partial charge in [0.15, 0.2) is 0 Å². The number of esters is 1. The van der Waals surface area contributed by atoms with E-state index in [0.717, 1.165) is 30.0 Å². The van der Waals surface area contributed by atoms with Gasteiger partial charge in [-0.05, 0) is 17.7 Å². The third-order valence-corrected chi connectivity index (χ3v) is 3.98. The van der Waals surface area contributed by atoms with Crippen LogP contribution in [-0.2, 0) is 9.53 Å². The van der Waals surface area contributed by atoms with Crippen LogP contribution in [-0.4, -0.2) is 49.4 Å². The Labute approximate surface area is 124 Å².